The van der Waals surface area contributed by atoms with Crippen LogP contribution in [0.4, 0.5) is 0 Å². The van der Waals surface area contributed by atoms with Gasteiger partial charge in [-0.05, 0) is 0 Å². The molecule has 0 heterocycles. The van der Waals surface area contributed by atoms with Crippen molar-refractivity contribution >= 4 is 5.91 Å². The molecule has 0 aliphatic rings. The van der Waals surface area contributed by atoms with Crippen molar-refractivity contribution in [1.29, 1.82) is 10.5 Å². The number of nitrogens with one attached hydrogen (secondary N) is 1. The van der Waals surface area contributed by atoms with Crippen LogP contribution in [-0.4, -0.2) is 5.91 Å². The van der Waals surface area contributed by atoms with Gasteiger partial charge in [0.1, 0.15) is 17.8 Å². The van der Waals surface area contributed by atoms with E-state index in [1.54, 1.807) is 12.1 Å². The summed E-state index contributed by atoms with van der Waals surface area (Å²) in [5.74, 6) is -0.431. The van der Waals surface area contributed by atoms with Crippen LogP contribution >= 0.6 is 0 Å². The molecule has 0 aromatic rings. The van der Waals surface area contributed by atoms with Gasteiger partial charge in [-0.25, -0.2) is 0 Å². The van der Waals surface area contributed by atoms with Crippen LogP contribution in [0.5, 0.6) is 0 Å². The van der Waals surface area contributed by atoms with Crippen LogP contribution in [-0.2, 0) is 4.79 Å². The Morgan fingerprint density at radius 2 is 2.00 bits per heavy atom. The van der Waals surface area contributed by atoms with Crippen LogP contribution in [0.3, 0.4) is 0 Å². The highest BCUT2D eigenvalue weighted by molar-refractivity contribution is 5.76. The Kier molecular flexibility index (Phi) is 3.20. The zero-order valence-corrected chi connectivity index (χ0v) is 5.88. The Labute approximate surface area is 63.7 Å². The number of nitrogens with zero attached hydrogens (tertiary/aromatic N) is 2. The molecule has 0 spiro atoms. The molecule has 0 bridgehead atoms. The zero-order chi connectivity index (χ0) is 8.85. The van der Waals surface area contributed by atoms with Gasteiger partial charge in [-0.3, -0.25) is 4.79 Å². The van der Waals surface area contributed by atoms with Crippen LogP contribution in [0, 0.1) is 22.7 Å². The molecule has 0 aliphatic heterocycles. The Hall–Kier alpha value is -2.01. The number of hydrogen-bond acceptors (Lipinski definition) is 4. The topological polar surface area (TPSA) is 103 Å². The highest BCUT2D eigenvalue weighted by Crippen LogP contribution is 1.90. The number of amides is 1. The summed E-state index contributed by atoms with van der Waals surface area (Å²) in [6.45, 7) is 1.22. The molecule has 0 aromatic carbocycles. The third-order valence-corrected chi connectivity index (χ3v) is 0.803. The third kappa shape index (κ3) is 2.87. The molecule has 3 N–H and O–H groups in total. The van der Waals surface area contributed by atoms with Crippen LogP contribution in [0.15, 0.2) is 11.4 Å². The smallest absolute Gasteiger partial charge is 0.221 e. The van der Waals surface area contributed by atoms with E-state index >= 15 is 0 Å². The molecule has 0 radical (unpaired) electrons. The molecular formula is C6H6N4O. The van der Waals surface area contributed by atoms with Gasteiger partial charge in [-0.2, -0.15) is 10.5 Å². The van der Waals surface area contributed by atoms with E-state index in [0.717, 1.165) is 0 Å². The van der Waals surface area contributed by atoms with Gasteiger partial charge >= 0.3 is 0 Å². The third-order valence-electron chi connectivity index (χ3n) is 0.803. The minimum absolute atomic E-state index is 0.208. The first kappa shape index (κ1) is 8.99. The van der Waals surface area contributed by atoms with Gasteiger partial charge < -0.3 is 11.1 Å². The van der Waals surface area contributed by atoms with Crippen LogP contribution < -0.4 is 11.1 Å². The second kappa shape index (κ2) is 3.91. The van der Waals surface area contributed by atoms with Crippen molar-refractivity contribution in [2.45, 2.75) is 6.92 Å². The molecule has 1 amide bonds. The maximum absolute atomic E-state index is 10.4. The lowest BCUT2D eigenvalue weighted by Gasteiger charge is -1.97. The van der Waals surface area contributed by atoms with E-state index in [1.165, 1.54) is 6.92 Å². The molecule has 0 saturated heterocycles. The predicted molar refractivity (Wildman–Crippen MR) is 36.3 cm³/mol. The molecule has 0 fully saturated rings. The molecule has 0 unspecified atom stereocenters. The largest absolute Gasteiger partial charge is 0.388 e. The molecule has 11 heavy (non-hydrogen) atoms. The molecule has 5 heteroatoms. The normalized spacial score (nSPS) is 10.5. The highest BCUT2D eigenvalue weighted by atomic mass is 16.1. The van der Waals surface area contributed by atoms with Crippen LogP contribution in [0.1, 0.15) is 6.92 Å². The van der Waals surface area contributed by atoms with E-state index in [2.05, 4.69) is 5.32 Å². The summed E-state index contributed by atoms with van der Waals surface area (Å²) in [7, 11) is 0. The number of hydrogen-bond donors (Lipinski definition) is 2. The van der Waals surface area contributed by atoms with Gasteiger partial charge in [-0.15, -0.1) is 0 Å². The molecule has 0 aromatic heterocycles. The lowest BCUT2D eigenvalue weighted by atomic mass is 10.3. The first-order valence-electron chi connectivity index (χ1n) is 2.69. The van der Waals surface area contributed by atoms with Gasteiger partial charge in [0.15, 0.2) is 5.70 Å². The quantitative estimate of drug-likeness (QED) is 0.484. The van der Waals surface area contributed by atoms with Crippen molar-refractivity contribution in [2.75, 3.05) is 0 Å². The number of nitrogens with two attached hydrogens (primary N) is 1. The minimum Gasteiger partial charge on any atom is -0.388 e. The van der Waals surface area contributed by atoms with Crippen molar-refractivity contribution in [1.82, 2.24) is 5.32 Å². The van der Waals surface area contributed by atoms with Crippen LogP contribution in [0.25, 0.3) is 0 Å². The average molecular weight is 150 g/mol. The fraction of sp³-hybridized carbons (Fsp3) is 0.167. The van der Waals surface area contributed by atoms with Gasteiger partial charge in [-0.1, -0.05) is 0 Å². The molecule has 5 nitrogen and oxygen atoms in total. The second-order valence-corrected chi connectivity index (χ2v) is 1.69. The fourth-order valence-corrected chi connectivity index (χ4v) is 0.387. The van der Waals surface area contributed by atoms with E-state index in [-0.39, 0.29) is 11.4 Å². The zero-order valence-electron chi connectivity index (χ0n) is 5.88. The van der Waals surface area contributed by atoms with E-state index in [0.29, 0.717) is 0 Å². The maximum atomic E-state index is 10.4. The van der Waals surface area contributed by atoms with Gasteiger partial charge in [0.25, 0.3) is 0 Å². The fourth-order valence-electron chi connectivity index (χ4n) is 0.387. The van der Waals surface area contributed by atoms with Crippen molar-refractivity contribution in [3.05, 3.63) is 11.4 Å². The SMILES string of the molecule is CC(=O)N/C(C#N)=C(\N)C#N. The van der Waals surface area contributed by atoms with E-state index < -0.39 is 5.91 Å². The molecule has 0 saturated carbocycles. The number of rotatable bonds is 1. The summed E-state index contributed by atoms with van der Waals surface area (Å²) in [6, 6.07) is 3.13. The lowest BCUT2D eigenvalue weighted by Crippen LogP contribution is -2.21. The van der Waals surface area contributed by atoms with Gasteiger partial charge in [0.2, 0.25) is 5.91 Å². The Morgan fingerprint density at radius 3 is 2.27 bits per heavy atom. The minimum atomic E-state index is -0.431. The Bertz CT molecular complexity index is 278. The standard InChI is InChI=1S/C6H6N4O/c1-4(11)10-6(3-8)5(9)2-7/h9H2,1H3,(H,10,11)/b6-5-. The van der Waals surface area contributed by atoms with E-state index in [1.807, 2.05) is 0 Å². The molecule has 0 atom stereocenters. The van der Waals surface area contributed by atoms with Crippen molar-refractivity contribution in [3.63, 3.8) is 0 Å². The van der Waals surface area contributed by atoms with Crippen molar-refractivity contribution < 1.29 is 4.79 Å². The average Bonchev–Trinajstić information content (AvgIpc) is 1.98. The second-order valence-electron chi connectivity index (χ2n) is 1.69. The number of allylic oxidation sites excluding steroid dienone is 2. The summed E-state index contributed by atoms with van der Waals surface area (Å²) in [5.41, 5.74) is 4.56. The van der Waals surface area contributed by atoms with Crippen molar-refractivity contribution in [2.24, 2.45) is 5.73 Å². The highest BCUT2D eigenvalue weighted by Gasteiger charge is 2.02. The summed E-state index contributed by atoms with van der Waals surface area (Å²) in [4.78, 5) is 10.4. The van der Waals surface area contributed by atoms with E-state index in [9.17, 15) is 4.79 Å². The van der Waals surface area contributed by atoms with Crippen molar-refractivity contribution in [3.8, 4) is 12.1 Å². The van der Waals surface area contributed by atoms with Gasteiger partial charge in [0, 0.05) is 6.92 Å². The molecular weight excluding hydrogens is 144 g/mol. The predicted octanol–water partition coefficient (Wildman–Crippen LogP) is -0.660. The summed E-state index contributed by atoms with van der Waals surface area (Å²) >= 11 is 0. The molecule has 0 rings (SSSR count). The lowest BCUT2D eigenvalue weighted by molar-refractivity contribution is -0.118. The first-order valence-corrected chi connectivity index (χ1v) is 2.69. The van der Waals surface area contributed by atoms with E-state index in [4.69, 9.17) is 16.3 Å². The number of carbonyl (C=O) groups excluding carboxylic acids is 1. The first-order chi connectivity index (χ1) is 5.11. The summed E-state index contributed by atoms with van der Waals surface area (Å²) in [6.07, 6.45) is 0. The summed E-state index contributed by atoms with van der Waals surface area (Å²) in [5, 5.41) is 18.6. The molecule has 0 aliphatic carbocycles. The monoisotopic (exact) mass is 150 g/mol. The Balaban J connectivity index is 4.60. The number of nitriles is 2. The summed E-state index contributed by atoms with van der Waals surface area (Å²) < 4.78 is 0. The Morgan fingerprint density at radius 1 is 1.45 bits per heavy atom. The van der Waals surface area contributed by atoms with Crippen LogP contribution in [0.2, 0.25) is 0 Å². The van der Waals surface area contributed by atoms with Gasteiger partial charge in [0.05, 0.1) is 0 Å². The molecule has 56 valence electrons. The number of carbonyl (C=O) groups is 1. The maximum Gasteiger partial charge on any atom is 0.221 e.